The highest BCUT2D eigenvalue weighted by Crippen LogP contribution is 2.18. The largest absolute Gasteiger partial charge is 0.348 e. The van der Waals surface area contributed by atoms with E-state index in [0.717, 1.165) is 22.6 Å². The Kier molecular flexibility index (Phi) is 7.02. The van der Waals surface area contributed by atoms with E-state index in [1.54, 1.807) is 31.3 Å². The predicted octanol–water partition coefficient (Wildman–Crippen LogP) is 2.67. The second-order valence-corrected chi connectivity index (χ2v) is 8.52. The number of anilines is 1. The van der Waals surface area contributed by atoms with Crippen LogP contribution in [0.2, 0.25) is 0 Å². The van der Waals surface area contributed by atoms with Crippen LogP contribution < -0.4 is 10.6 Å². The van der Waals surface area contributed by atoms with Gasteiger partial charge in [0.2, 0.25) is 11.1 Å². The van der Waals surface area contributed by atoms with Gasteiger partial charge in [-0.2, -0.15) is 5.10 Å². The zero-order chi connectivity index (χ0) is 24.1. The van der Waals surface area contributed by atoms with Crippen LogP contribution in [0.4, 0.5) is 5.69 Å². The number of benzene rings is 2. The van der Waals surface area contributed by atoms with Gasteiger partial charge in [-0.1, -0.05) is 30.0 Å². The number of hydrogen-bond acceptors (Lipinski definition) is 7. The summed E-state index contributed by atoms with van der Waals surface area (Å²) in [6, 6.07) is 16.6. The van der Waals surface area contributed by atoms with Crippen molar-refractivity contribution in [2.24, 2.45) is 7.05 Å². The number of aromatic nitrogens is 6. The van der Waals surface area contributed by atoms with E-state index in [-0.39, 0.29) is 17.6 Å². The van der Waals surface area contributed by atoms with Crippen molar-refractivity contribution in [1.29, 1.82) is 0 Å². The molecule has 0 bridgehead atoms. The number of para-hydroxylation sites is 1. The molecule has 2 amide bonds. The molecule has 2 heterocycles. The number of rotatable bonds is 8. The van der Waals surface area contributed by atoms with E-state index in [9.17, 15) is 9.59 Å². The first-order valence-electron chi connectivity index (χ1n) is 10.6. The lowest BCUT2D eigenvalue weighted by molar-refractivity contribution is -0.113. The molecule has 0 radical (unpaired) electrons. The molecule has 0 saturated carbocycles. The van der Waals surface area contributed by atoms with E-state index in [0.29, 0.717) is 23.0 Å². The quantitative estimate of drug-likeness (QED) is 0.375. The summed E-state index contributed by atoms with van der Waals surface area (Å²) in [5.74, 6) is -0.215. The average Bonchev–Trinajstić information content (AvgIpc) is 3.38. The molecule has 0 aliphatic rings. The fourth-order valence-corrected chi connectivity index (χ4v) is 4.05. The van der Waals surface area contributed by atoms with Crippen molar-refractivity contribution >= 4 is 29.3 Å². The zero-order valence-corrected chi connectivity index (χ0v) is 19.8. The number of aryl methyl sites for hydroxylation is 2. The Balaban J connectivity index is 1.32. The Bertz CT molecular complexity index is 1300. The van der Waals surface area contributed by atoms with E-state index < -0.39 is 0 Å². The van der Waals surface area contributed by atoms with Crippen LogP contribution in [-0.4, -0.2) is 47.6 Å². The lowest BCUT2D eigenvalue weighted by atomic mass is 10.1. The molecule has 0 fully saturated rings. The number of carbonyl (C=O) groups excluding carboxylic acids is 2. The van der Waals surface area contributed by atoms with Gasteiger partial charge in [0.05, 0.1) is 17.1 Å². The van der Waals surface area contributed by atoms with E-state index in [1.165, 1.54) is 16.4 Å². The molecule has 4 rings (SSSR count). The molecule has 0 aliphatic carbocycles. The van der Waals surface area contributed by atoms with Gasteiger partial charge in [-0.05, 0) is 60.7 Å². The molecule has 2 aromatic carbocycles. The molecule has 0 saturated heterocycles. The van der Waals surface area contributed by atoms with Crippen molar-refractivity contribution in [2.75, 3.05) is 11.1 Å². The second kappa shape index (κ2) is 10.3. The van der Waals surface area contributed by atoms with Crippen molar-refractivity contribution in [3.63, 3.8) is 0 Å². The van der Waals surface area contributed by atoms with E-state index in [4.69, 9.17) is 0 Å². The second-order valence-electron chi connectivity index (χ2n) is 7.58. The van der Waals surface area contributed by atoms with Crippen molar-refractivity contribution in [1.82, 2.24) is 35.3 Å². The SMILES string of the molecule is Cc1nn(-c2ccccc2)c(C)c1CNC(=O)c1ccc(NC(=O)CSc2nnnn2C)cc1. The maximum absolute atomic E-state index is 12.7. The summed E-state index contributed by atoms with van der Waals surface area (Å²) in [4.78, 5) is 24.8. The number of carbonyl (C=O) groups is 2. The van der Waals surface area contributed by atoms with E-state index in [2.05, 4.69) is 31.3 Å². The smallest absolute Gasteiger partial charge is 0.251 e. The molecule has 34 heavy (non-hydrogen) atoms. The van der Waals surface area contributed by atoms with Crippen LogP contribution in [0, 0.1) is 13.8 Å². The van der Waals surface area contributed by atoms with Gasteiger partial charge < -0.3 is 10.6 Å². The molecule has 0 aliphatic heterocycles. The minimum Gasteiger partial charge on any atom is -0.348 e. The Hall–Kier alpha value is -3.99. The Morgan fingerprint density at radius 1 is 1.03 bits per heavy atom. The number of amides is 2. The van der Waals surface area contributed by atoms with Gasteiger partial charge in [-0.25, -0.2) is 9.36 Å². The van der Waals surface area contributed by atoms with Crippen LogP contribution in [0.25, 0.3) is 5.69 Å². The maximum atomic E-state index is 12.7. The first-order valence-corrected chi connectivity index (χ1v) is 11.5. The topological polar surface area (TPSA) is 120 Å². The summed E-state index contributed by atoms with van der Waals surface area (Å²) in [5, 5.41) is 22.0. The summed E-state index contributed by atoms with van der Waals surface area (Å²) in [5.41, 5.74) is 4.92. The number of thioether (sulfide) groups is 1. The molecular formula is C23H24N8O2S. The maximum Gasteiger partial charge on any atom is 0.251 e. The lowest BCUT2D eigenvalue weighted by Crippen LogP contribution is -2.23. The minimum absolute atomic E-state index is 0.172. The fourth-order valence-electron chi connectivity index (χ4n) is 3.40. The molecule has 0 atom stereocenters. The Morgan fingerprint density at radius 2 is 1.76 bits per heavy atom. The number of nitrogens with zero attached hydrogens (tertiary/aromatic N) is 6. The third-order valence-corrected chi connectivity index (χ3v) is 6.22. The molecule has 174 valence electrons. The minimum atomic E-state index is -0.200. The highest BCUT2D eigenvalue weighted by molar-refractivity contribution is 7.99. The van der Waals surface area contributed by atoms with Crippen LogP contribution in [-0.2, 0) is 18.4 Å². The summed E-state index contributed by atoms with van der Waals surface area (Å²) in [6.45, 7) is 4.30. The van der Waals surface area contributed by atoms with Gasteiger partial charge in [-0.3, -0.25) is 9.59 Å². The first-order chi connectivity index (χ1) is 16.4. The van der Waals surface area contributed by atoms with Gasteiger partial charge in [0.1, 0.15) is 0 Å². The number of tetrazole rings is 1. The van der Waals surface area contributed by atoms with E-state index >= 15 is 0 Å². The number of hydrogen-bond donors (Lipinski definition) is 2. The molecule has 0 unspecified atom stereocenters. The summed E-state index contributed by atoms with van der Waals surface area (Å²) in [7, 11) is 1.71. The number of nitrogens with one attached hydrogen (secondary N) is 2. The normalized spacial score (nSPS) is 10.8. The first kappa shape index (κ1) is 23.2. The van der Waals surface area contributed by atoms with Crippen molar-refractivity contribution in [3.8, 4) is 5.69 Å². The predicted molar refractivity (Wildman–Crippen MR) is 129 cm³/mol. The monoisotopic (exact) mass is 476 g/mol. The fraction of sp³-hybridized carbons (Fsp3) is 0.217. The van der Waals surface area contributed by atoms with Crippen LogP contribution >= 0.6 is 11.8 Å². The highest BCUT2D eigenvalue weighted by Gasteiger charge is 2.14. The summed E-state index contributed by atoms with van der Waals surface area (Å²) in [6.07, 6.45) is 0. The third-order valence-electron chi connectivity index (χ3n) is 5.21. The molecule has 2 N–H and O–H groups in total. The zero-order valence-electron chi connectivity index (χ0n) is 19.0. The molecule has 2 aromatic heterocycles. The van der Waals surface area contributed by atoms with Crippen molar-refractivity contribution in [3.05, 3.63) is 77.1 Å². The Labute approximate surface area is 200 Å². The molecular weight excluding hydrogens is 452 g/mol. The average molecular weight is 477 g/mol. The van der Waals surface area contributed by atoms with Gasteiger partial charge in [-0.15, -0.1) is 5.10 Å². The molecule has 0 spiro atoms. The van der Waals surface area contributed by atoms with Gasteiger partial charge >= 0.3 is 0 Å². The molecule has 4 aromatic rings. The highest BCUT2D eigenvalue weighted by atomic mass is 32.2. The van der Waals surface area contributed by atoms with Crippen LogP contribution in [0.1, 0.15) is 27.3 Å². The van der Waals surface area contributed by atoms with Crippen LogP contribution in [0.5, 0.6) is 0 Å². The van der Waals surface area contributed by atoms with Gasteiger partial charge in [0, 0.05) is 36.1 Å². The van der Waals surface area contributed by atoms with Crippen molar-refractivity contribution < 1.29 is 9.59 Å². The molecule has 10 nitrogen and oxygen atoms in total. The summed E-state index contributed by atoms with van der Waals surface area (Å²) >= 11 is 1.24. The summed E-state index contributed by atoms with van der Waals surface area (Å²) < 4.78 is 3.38. The van der Waals surface area contributed by atoms with Gasteiger partial charge in [0.15, 0.2) is 0 Å². The van der Waals surface area contributed by atoms with Crippen LogP contribution in [0.15, 0.2) is 59.8 Å². The third kappa shape index (κ3) is 5.31. The van der Waals surface area contributed by atoms with Crippen molar-refractivity contribution in [2.45, 2.75) is 25.5 Å². The standard InChI is InChI=1S/C23H24N8O2S/c1-15-20(16(2)31(27-15)19-7-5-4-6-8-19)13-24-22(33)17-9-11-18(12-10-17)25-21(32)14-34-23-26-28-29-30(23)3/h4-12H,13-14H2,1-3H3,(H,24,33)(H,25,32). The molecule has 11 heteroatoms. The van der Waals surface area contributed by atoms with Crippen LogP contribution in [0.3, 0.4) is 0 Å². The lowest BCUT2D eigenvalue weighted by Gasteiger charge is -2.08. The van der Waals surface area contributed by atoms with E-state index in [1.807, 2.05) is 48.9 Å². The Morgan fingerprint density at radius 3 is 2.44 bits per heavy atom. The van der Waals surface area contributed by atoms with Gasteiger partial charge in [0.25, 0.3) is 5.91 Å².